The first-order chi connectivity index (χ1) is 10.2. The van der Waals surface area contributed by atoms with E-state index in [1.54, 1.807) is 0 Å². The molecule has 1 aliphatic heterocycles. The number of esters is 1. The van der Waals surface area contributed by atoms with Gasteiger partial charge in [0.2, 0.25) is 0 Å². The molecule has 21 heavy (non-hydrogen) atoms. The van der Waals surface area contributed by atoms with E-state index in [1.165, 1.54) is 5.56 Å². The quantitative estimate of drug-likeness (QED) is 0.453. The highest BCUT2D eigenvalue weighted by atomic mass is 16.5. The van der Waals surface area contributed by atoms with Crippen LogP contribution in [-0.2, 0) is 16.0 Å². The molecular weight excluding hydrogens is 262 g/mol. The van der Waals surface area contributed by atoms with E-state index < -0.39 is 0 Å². The predicted molar refractivity (Wildman–Crippen MR) is 81.5 cm³/mol. The van der Waals surface area contributed by atoms with Gasteiger partial charge in [-0.25, -0.2) is 0 Å². The fourth-order valence-corrected chi connectivity index (χ4v) is 2.72. The number of hydrogen-bond donors (Lipinski definition) is 0. The topological polar surface area (TPSA) is 50.1 Å². The molecular formula is C18H21NO2. The zero-order valence-corrected chi connectivity index (χ0v) is 12.3. The Morgan fingerprint density at radius 1 is 1.33 bits per heavy atom. The Hall–Kier alpha value is -2.08. The summed E-state index contributed by atoms with van der Waals surface area (Å²) in [4.78, 5) is 11.5. The number of cyclic esters (lactones) is 1. The molecule has 0 bridgehead atoms. The average Bonchev–Trinajstić information content (AvgIpc) is 2.51. The summed E-state index contributed by atoms with van der Waals surface area (Å²) < 4.78 is 5.38. The Morgan fingerprint density at radius 2 is 2.10 bits per heavy atom. The number of ether oxygens (including phenoxy) is 1. The number of rotatable bonds is 6. The Kier molecular flexibility index (Phi) is 5.57. The van der Waals surface area contributed by atoms with Crippen molar-refractivity contribution in [1.29, 1.82) is 5.26 Å². The van der Waals surface area contributed by atoms with Gasteiger partial charge in [-0.1, -0.05) is 18.2 Å². The monoisotopic (exact) mass is 283 g/mol. The number of allylic oxidation sites excluding steroid dienone is 1. The molecule has 0 aliphatic carbocycles. The van der Waals surface area contributed by atoms with Gasteiger partial charge in [0.1, 0.15) is 6.10 Å². The molecule has 3 nitrogen and oxygen atoms in total. The second-order valence-corrected chi connectivity index (χ2v) is 5.60. The maximum atomic E-state index is 11.5. The third kappa shape index (κ3) is 4.75. The standard InChI is InChI=1S/C18H21NO2/c1-2-14-11-17(21-18(20)12-14)6-4-3-5-15-7-9-16(13-19)10-8-15/h2,7-10,14,17H,1,3-6,11-12H2/t14-,17-/m0/s1. The van der Waals surface area contributed by atoms with Gasteiger partial charge in [0.25, 0.3) is 0 Å². The lowest BCUT2D eigenvalue weighted by atomic mass is 9.92. The van der Waals surface area contributed by atoms with E-state index in [4.69, 9.17) is 10.00 Å². The van der Waals surface area contributed by atoms with Crippen LogP contribution in [0.4, 0.5) is 0 Å². The van der Waals surface area contributed by atoms with Crippen LogP contribution < -0.4 is 0 Å². The fraction of sp³-hybridized carbons (Fsp3) is 0.444. The molecule has 0 N–H and O–H groups in total. The van der Waals surface area contributed by atoms with Crippen LogP contribution in [0.15, 0.2) is 36.9 Å². The van der Waals surface area contributed by atoms with Gasteiger partial charge in [0.05, 0.1) is 18.1 Å². The second-order valence-electron chi connectivity index (χ2n) is 5.60. The van der Waals surface area contributed by atoms with E-state index in [9.17, 15) is 4.79 Å². The van der Waals surface area contributed by atoms with Gasteiger partial charge in [-0.2, -0.15) is 5.26 Å². The van der Waals surface area contributed by atoms with Crippen LogP contribution in [0.3, 0.4) is 0 Å². The van der Waals surface area contributed by atoms with Gasteiger partial charge in [0, 0.05) is 0 Å². The van der Waals surface area contributed by atoms with Crippen LogP contribution in [0.5, 0.6) is 0 Å². The molecule has 2 rings (SSSR count). The Bertz CT molecular complexity index is 527. The van der Waals surface area contributed by atoms with Crippen molar-refractivity contribution in [3.05, 3.63) is 48.0 Å². The lowest BCUT2D eigenvalue weighted by Crippen LogP contribution is -2.28. The minimum Gasteiger partial charge on any atom is -0.462 e. The Balaban J connectivity index is 1.70. The van der Waals surface area contributed by atoms with Crippen molar-refractivity contribution in [2.24, 2.45) is 5.92 Å². The van der Waals surface area contributed by atoms with E-state index in [2.05, 4.69) is 12.6 Å². The van der Waals surface area contributed by atoms with Gasteiger partial charge >= 0.3 is 5.97 Å². The number of aryl methyl sites for hydroxylation is 1. The van der Waals surface area contributed by atoms with E-state index in [-0.39, 0.29) is 18.0 Å². The van der Waals surface area contributed by atoms with Crippen LogP contribution in [-0.4, -0.2) is 12.1 Å². The Labute approximate surface area is 126 Å². The molecule has 0 radical (unpaired) electrons. The minimum atomic E-state index is -0.0942. The fourth-order valence-electron chi connectivity index (χ4n) is 2.72. The maximum Gasteiger partial charge on any atom is 0.306 e. The van der Waals surface area contributed by atoms with E-state index >= 15 is 0 Å². The summed E-state index contributed by atoms with van der Waals surface area (Å²) in [6, 6.07) is 9.84. The summed E-state index contributed by atoms with van der Waals surface area (Å²) in [5.41, 5.74) is 1.95. The molecule has 1 heterocycles. The van der Waals surface area contributed by atoms with Crippen LogP contribution >= 0.6 is 0 Å². The first-order valence-electron chi connectivity index (χ1n) is 7.52. The third-order valence-corrected chi connectivity index (χ3v) is 3.95. The summed E-state index contributed by atoms with van der Waals surface area (Å²) in [6.07, 6.45) is 7.33. The largest absolute Gasteiger partial charge is 0.462 e. The lowest BCUT2D eigenvalue weighted by Gasteiger charge is -2.27. The predicted octanol–water partition coefficient (Wildman–Crippen LogP) is 3.78. The molecule has 1 saturated heterocycles. The number of carbonyl (C=O) groups excluding carboxylic acids is 1. The number of nitrogens with zero attached hydrogens (tertiary/aromatic N) is 1. The van der Waals surface area contributed by atoms with Gasteiger partial charge < -0.3 is 4.74 Å². The molecule has 1 aromatic rings. The molecule has 110 valence electrons. The summed E-state index contributed by atoms with van der Waals surface area (Å²) in [5.74, 6) is 0.179. The van der Waals surface area contributed by atoms with Crippen molar-refractivity contribution in [3.8, 4) is 6.07 Å². The number of hydrogen-bond acceptors (Lipinski definition) is 3. The molecule has 2 atom stereocenters. The first kappa shape index (κ1) is 15.3. The number of carbonyl (C=O) groups is 1. The summed E-state index contributed by atoms with van der Waals surface area (Å²) in [6.45, 7) is 3.77. The highest BCUT2D eigenvalue weighted by Crippen LogP contribution is 2.25. The van der Waals surface area contributed by atoms with Gasteiger partial charge in [-0.3, -0.25) is 4.79 Å². The lowest BCUT2D eigenvalue weighted by molar-refractivity contribution is -0.156. The van der Waals surface area contributed by atoms with Crippen molar-refractivity contribution < 1.29 is 9.53 Å². The SMILES string of the molecule is C=C[C@@H]1CC(=O)O[C@@H](CCCCc2ccc(C#N)cc2)C1. The Morgan fingerprint density at radius 3 is 2.76 bits per heavy atom. The number of nitriles is 1. The van der Waals surface area contributed by atoms with Crippen molar-refractivity contribution in [2.45, 2.75) is 44.6 Å². The molecule has 1 fully saturated rings. The van der Waals surface area contributed by atoms with Crippen molar-refractivity contribution in [2.75, 3.05) is 0 Å². The molecule has 1 aliphatic rings. The van der Waals surface area contributed by atoms with Crippen LogP contribution in [0.2, 0.25) is 0 Å². The zero-order valence-electron chi connectivity index (χ0n) is 12.3. The molecule has 0 amide bonds. The average molecular weight is 283 g/mol. The second kappa shape index (κ2) is 7.64. The molecule has 0 unspecified atom stereocenters. The van der Waals surface area contributed by atoms with Gasteiger partial charge in [-0.15, -0.1) is 6.58 Å². The highest BCUT2D eigenvalue weighted by Gasteiger charge is 2.26. The van der Waals surface area contributed by atoms with Crippen molar-refractivity contribution in [3.63, 3.8) is 0 Å². The molecule has 0 spiro atoms. The summed E-state index contributed by atoms with van der Waals surface area (Å²) in [7, 11) is 0. The van der Waals surface area contributed by atoms with Gasteiger partial charge in [0.15, 0.2) is 0 Å². The van der Waals surface area contributed by atoms with Crippen molar-refractivity contribution in [1.82, 2.24) is 0 Å². The normalized spacial score (nSPS) is 21.4. The van der Waals surface area contributed by atoms with E-state index in [1.807, 2.05) is 30.3 Å². The molecule has 0 aromatic heterocycles. The van der Waals surface area contributed by atoms with Crippen molar-refractivity contribution >= 4 is 5.97 Å². The van der Waals surface area contributed by atoms with E-state index in [0.29, 0.717) is 12.0 Å². The third-order valence-electron chi connectivity index (χ3n) is 3.95. The first-order valence-corrected chi connectivity index (χ1v) is 7.52. The molecule has 1 aromatic carbocycles. The minimum absolute atomic E-state index is 0.0511. The summed E-state index contributed by atoms with van der Waals surface area (Å²) >= 11 is 0. The summed E-state index contributed by atoms with van der Waals surface area (Å²) in [5, 5.41) is 8.75. The van der Waals surface area contributed by atoms with Gasteiger partial charge in [-0.05, 0) is 55.7 Å². The molecule has 0 saturated carbocycles. The number of unbranched alkanes of at least 4 members (excludes halogenated alkanes) is 1. The zero-order chi connectivity index (χ0) is 15.1. The van der Waals surface area contributed by atoms with Crippen LogP contribution in [0.1, 0.15) is 43.2 Å². The molecule has 3 heteroatoms. The number of benzene rings is 1. The van der Waals surface area contributed by atoms with Crippen LogP contribution in [0, 0.1) is 17.2 Å². The van der Waals surface area contributed by atoms with E-state index in [0.717, 1.165) is 32.1 Å². The highest BCUT2D eigenvalue weighted by molar-refractivity contribution is 5.70. The van der Waals surface area contributed by atoms with Crippen LogP contribution in [0.25, 0.3) is 0 Å². The smallest absolute Gasteiger partial charge is 0.306 e. The maximum absolute atomic E-state index is 11.5.